The summed E-state index contributed by atoms with van der Waals surface area (Å²) in [7, 11) is 0. The molecule has 0 bridgehead atoms. The van der Waals surface area contributed by atoms with Crippen molar-refractivity contribution in [2.75, 3.05) is 5.32 Å². The van der Waals surface area contributed by atoms with Crippen molar-refractivity contribution in [3.05, 3.63) is 58.9 Å². The molecule has 0 spiro atoms. The Morgan fingerprint density at radius 1 is 1.27 bits per heavy atom. The number of carbonyl (C=O) groups excluding carboxylic acids is 1. The lowest BCUT2D eigenvalue weighted by Crippen LogP contribution is -2.48. The van der Waals surface area contributed by atoms with Crippen molar-refractivity contribution in [1.82, 2.24) is 10.9 Å². The molecule has 26 heavy (non-hydrogen) atoms. The number of hydrazine groups is 1. The molecule has 6 nitrogen and oxygen atoms in total. The van der Waals surface area contributed by atoms with Crippen molar-refractivity contribution < 1.29 is 13.9 Å². The van der Waals surface area contributed by atoms with Crippen molar-refractivity contribution in [2.45, 2.75) is 13.0 Å². The molecule has 3 N–H and O–H groups in total. The summed E-state index contributed by atoms with van der Waals surface area (Å²) in [5.74, 6) is -0.554. The second-order valence-electron chi connectivity index (χ2n) is 5.09. The molecular formula is C17H14ClFN4O2S. The van der Waals surface area contributed by atoms with Crippen molar-refractivity contribution in [2.24, 2.45) is 0 Å². The van der Waals surface area contributed by atoms with Gasteiger partial charge >= 0.3 is 0 Å². The summed E-state index contributed by atoms with van der Waals surface area (Å²) in [5.41, 5.74) is 5.86. The van der Waals surface area contributed by atoms with Crippen LogP contribution in [0.15, 0.2) is 42.5 Å². The molecule has 0 fully saturated rings. The lowest BCUT2D eigenvalue weighted by Gasteiger charge is -2.16. The molecule has 1 amide bonds. The fraction of sp³-hybridized carbons (Fsp3) is 0.118. The Labute approximate surface area is 159 Å². The molecule has 2 aromatic carbocycles. The molecule has 0 aliphatic carbocycles. The summed E-state index contributed by atoms with van der Waals surface area (Å²) in [6.07, 6.45) is -0.807. The zero-order valence-corrected chi connectivity index (χ0v) is 15.1. The van der Waals surface area contributed by atoms with Crippen LogP contribution in [0.4, 0.5) is 10.1 Å². The first-order chi connectivity index (χ1) is 12.4. The summed E-state index contributed by atoms with van der Waals surface area (Å²) >= 11 is 10.7. The van der Waals surface area contributed by atoms with E-state index in [1.807, 2.05) is 6.07 Å². The highest BCUT2D eigenvalue weighted by Crippen LogP contribution is 2.19. The predicted octanol–water partition coefficient (Wildman–Crippen LogP) is 3.14. The van der Waals surface area contributed by atoms with E-state index in [0.717, 1.165) is 0 Å². The number of benzene rings is 2. The molecule has 0 radical (unpaired) electrons. The van der Waals surface area contributed by atoms with Crippen molar-refractivity contribution >= 4 is 40.5 Å². The van der Waals surface area contributed by atoms with Crippen LogP contribution >= 0.6 is 23.8 Å². The highest BCUT2D eigenvalue weighted by Gasteiger charge is 2.15. The van der Waals surface area contributed by atoms with Gasteiger partial charge in [-0.3, -0.25) is 15.6 Å². The Morgan fingerprint density at radius 2 is 1.96 bits per heavy atom. The Morgan fingerprint density at radius 3 is 2.58 bits per heavy atom. The third-order valence-electron chi connectivity index (χ3n) is 3.14. The van der Waals surface area contributed by atoms with Gasteiger partial charge in [0.15, 0.2) is 11.2 Å². The van der Waals surface area contributed by atoms with Crippen LogP contribution < -0.4 is 20.9 Å². The van der Waals surface area contributed by atoms with Crippen LogP contribution in [-0.2, 0) is 4.79 Å². The number of nitriles is 1. The van der Waals surface area contributed by atoms with Crippen LogP contribution in [0.5, 0.6) is 5.75 Å². The van der Waals surface area contributed by atoms with E-state index in [0.29, 0.717) is 17.0 Å². The van der Waals surface area contributed by atoms with Gasteiger partial charge in [-0.1, -0.05) is 11.6 Å². The zero-order chi connectivity index (χ0) is 19.1. The molecule has 0 saturated carbocycles. The number of rotatable bonds is 4. The average molecular weight is 393 g/mol. The van der Waals surface area contributed by atoms with E-state index in [1.165, 1.54) is 18.2 Å². The van der Waals surface area contributed by atoms with Crippen molar-refractivity contribution in [3.63, 3.8) is 0 Å². The number of hydrogen-bond acceptors (Lipinski definition) is 4. The minimum absolute atomic E-state index is 0.0497. The molecule has 0 unspecified atom stereocenters. The fourth-order valence-corrected chi connectivity index (χ4v) is 2.17. The van der Waals surface area contributed by atoms with Crippen molar-refractivity contribution in [3.8, 4) is 11.8 Å². The second-order valence-corrected chi connectivity index (χ2v) is 5.91. The predicted molar refractivity (Wildman–Crippen MR) is 100 cm³/mol. The number of nitrogens with one attached hydrogen (secondary N) is 3. The van der Waals surface area contributed by atoms with E-state index >= 15 is 0 Å². The Hall–Kier alpha value is -2.89. The van der Waals surface area contributed by atoms with Crippen LogP contribution in [0.2, 0.25) is 5.02 Å². The van der Waals surface area contributed by atoms with Gasteiger partial charge in [-0.2, -0.15) is 5.26 Å². The molecule has 1 atom stereocenters. The zero-order valence-electron chi connectivity index (χ0n) is 13.5. The quantitative estimate of drug-likeness (QED) is 0.547. The van der Waals surface area contributed by atoms with E-state index < -0.39 is 17.8 Å². The molecule has 0 aliphatic rings. The highest BCUT2D eigenvalue weighted by atomic mass is 35.5. The number of amides is 1. The van der Waals surface area contributed by atoms with E-state index in [2.05, 4.69) is 16.2 Å². The largest absolute Gasteiger partial charge is 0.481 e. The van der Waals surface area contributed by atoms with Gasteiger partial charge < -0.3 is 10.1 Å². The number of anilines is 1. The smallest absolute Gasteiger partial charge is 0.279 e. The number of nitrogens with zero attached hydrogens (tertiary/aromatic N) is 1. The molecule has 0 aromatic heterocycles. The molecule has 2 aromatic rings. The standard InChI is InChI=1S/C17H14ClFN4O2S/c1-10(25-13-5-2-11(9-20)3-6-13)16(24)22-23-17(26)21-12-4-7-15(19)14(18)8-12/h2-8,10H,1H3,(H,22,24)(H2,21,23,26)/t10-/m1/s1. The van der Waals surface area contributed by atoms with Gasteiger partial charge in [0.2, 0.25) is 0 Å². The number of carbonyl (C=O) groups is 1. The molecule has 2 rings (SSSR count). The minimum Gasteiger partial charge on any atom is -0.481 e. The van der Waals surface area contributed by atoms with Crippen LogP contribution in [0, 0.1) is 17.1 Å². The van der Waals surface area contributed by atoms with Crippen LogP contribution in [0.25, 0.3) is 0 Å². The molecule has 134 valence electrons. The Balaban J connectivity index is 1.81. The highest BCUT2D eigenvalue weighted by molar-refractivity contribution is 7.80. The maximum absolute atomic E-state index is 13.1. The van der Waals surface area contributed by atoms with Gasteiger partial charge in [0.25, 0.3) is 5.91 Å². The van der Waals surface area contributed by atoms with E-state index in [4.69, 9.17) is 33.8 Å². The average Bonchev–Trinajstić information content (AvgIpc) is 2.63. The Bertz CT molecular complexity index is 855. The summed E-state index contributed by atoms with van der Waals surface area (Å²) < 4.78 is 18.6. The van der Waals surface area contributed by atoms with Gasteiger partial charge in [0, 0.05) is 5.69 Å². The number of hydrogen-bond donors (Lipinski definition) is 3. The summed E-state index contributed by atoms with van der Waals surface area (Å²) in [6, 6.07) is 12.4. The summed E-state index contributed by atoms with van der Waals surface area (Å²) in [6.45, 7) is 1.56. The van der Waals surface area contributed by atoms with Crippen molar-refractivity contribution in [1.29, 1.82) is 5.26 Å². The van der Waals surface area contributed by atoms with E-state index in [9.17, 15) is 9.18 Å². The SMILES string of the molecule is C[C@@H](Oc1ccc(C#N)cc1)C(=O)NNC(=S)Nc1ccc(F)c(Cl)c1. The molecule has 9 heteroatoms. The Kier molecular flexibility index (Phi) is 6.72. The van der Waals surface area contributed by atoms with E-state index in [-0.39, 0.29) is 10.1 Å². The first kappa shape index (κ1) is 19.4. The normalized spacial score (nSPS) is 11.0. The lowest BCUT2D eigenvalue weighted by atomic mass is 10.2. The molecule has 0 heterocycles. The summed E-state index contributed by atoms with van der Waals surface area (Å²) in [5, 5.41) is 11.5. The number of halogens is 2. The van der Waals surface area contributed by atoms with Gasteiger partial charge in [0.05, 0.1) is 16.7 Å². The second kappa shape index (κ2) is 8.99. The molecule has 0 aliphatic heterocycles. The third kappa shape index (κ3) is 5.58. The fourth-order valence-electron chi connectivity index (χ4n) is 1.82. The van der Waals surface area contributed by atoms with Gasteiger partial charge in [0.1, 0.15) is 11.6 Å². The first-order valence-corrected chi connectivity index (χ1v) is 8.16. The van der Waals surface area contributed by atoms with Gasteiger partial charge in [-0.25, -0.2) is 4.39 Å². The van der Waals surface area contributed by atoms with Gasteiger partial charge in [-0.15, -0.1) is 0 Å². The van der Waals surface area contributed by atoms with Gasteiger partial charge in [-0.05, 0) is 61.6 Å². The number of thiocarbonyl (C=S) groups is 1. The maximum atomic E-state index is 13.1. The number of ether oxygens (including phenoxy) is 1. The third-order valence-corrected chi connectivity index (χ3v) is 3.64. The lowest BCUT2D eigenvalue weighted by molar-refractivity contribution is -0.127. The molecule has 0 saturated heterocycles. The molecular weight excluding hydrogens is 379 g/mol. The van der Waals surface area contributed by atoms with Crippen LogP contribution in [0.3, 0.4) is 0 Å². The summed E-state index contributed by atoms with van der Waals surface area (Å²) in [4.78, 5) is 12.0. The first-order valence-electron chi connectivity index (χ1n) is 7.38. The van der Waals surface area contributed by atoms with Crippen LogP contribution in [0.1, 0.15) is 12.5 Å². The van der Waals surface area contributed by atoms with Crippen LogP contribution in [-0.4, -0.2) is 17.1 Å². The monoisotopic (exact) mass is 392 g/mol. The minimum atomic E-state index is -0.807. The topological polar surface area (TPSA) is 86.2 Å². The van der Waals surface area contributed by atoms with E-state index in [1.54, 1.807) is 31.2 Å². The maximum Gasteiger partial charge on any atom is 0.279 e.